The Hall–Kier alpha value is -3.21. The third kappa shape index (κ3) is 4.85. The highest BCUT2D eigenvalue weighted by molar-refractivity contribution is 7.92. The molecule has 160 valence electrons. The monoisotopic (exact) mass is 444 g/mol. The molecule has 6 nitrogen and oxygen atoms in total. The third-order valence-corrected chi connectivity index (χ3v) is 5.54. The van der Waals surface area contributed by atoms with Crippen molar-refractivity contribution in [2.24, 2.45) is 0 Å². The number of sulfonamides is 1. The summed E-state index contributed by atoms with van der Waals surface area (Å²) in [7, 11) is -2.82. The van der Waals surface area contributed by atoms with Gasteiger partial charge in [0.15, 0.2) is 17.4 Å². The minimum atomic E-state index is -4.32. The summed E-state index contributed by atoms with van der Waals surface area (Å²) in [6, 6.07) is 7.75. The Morgan fingerprint density at radius 3 is 2.57 bits per heavy atom. The first-order valence-electron chi connectivity index (χ1n) is 8.45. The zero-order valence-electron chi connectivity index (χ0n) is 15.5. The predicted molar refractivity (Wildman–Crippen MR) is 100 cm³/mol. The zero-order chi connectivity index (χ0) is 21.9. The lowest BCUT2D eigenvalue weighted by Crippen LogP contribution is -2.15. The number of aromatic nitrogens is 1. The van der Waals surface area contributed by atoms with Crippen molar-refractivity contribution < 1.29 is 35.5 Å². The van der Waals surface area contributed by atoms with Crippen LogP contribution in [0.25, 0.3) is 0 Å². The fourth-order valence-corrected chi connectivity index (χ4v) is 4.02. The maximum atomic E-state index is 14.1. The van der Waals surface area contributed by atoms with E-state index >= 15 is 0 Å². The highest BCUT2D eigenvalue weighted by Crippen LogP contribution is 2.29. The van der Waals surface area contributed by atoms with Crippen LogP contribution in [0.1, 0.15) is 11.1 Å². The maximum absolute atomic E-state index is 14.1. The second-order valence-electron chi connectivity index (χ2n) is 6.12. The van der Waals surface area contributed by atoms with Crippen LogP contribution in [0, 0.1) is 11.6 Å². The number of ether oxygens (including phenoxy) is 2. The van der Waals surface area contributed by atoms with E-state index in [0.29, 0.717) is 23.4 Å². The molecular weight excluding hydrogens is 428 g/mol. The lowest BCUT2D eigenvalue weighted by Gasteiger charge is -2.12. The normalized spacial score (nSPS) is 11.5. The molecule has 0 saturated carbocycles. The van der Waals surface area contributed by atoms with Gasteiger partial charge in [-0.1, -0.05) is 12.1 Å². The summed E-state index contributed by atoms with van der Waals surface area (Å²) in [5, 5.41) is 0. The number of benzene rings is 2. The molecule has 30 heavy (non-hydrogen) atoms. The number of rotatable bonds is 8. The summed E-state index contributed by atoms with van der Waals surface area (Å²) >= 11 is 0. The summed E-state index contributed by atoms with van der Waals surface area (Å²) < 4.78 is 88.8. The highest BCUT2D eigenvalue weighted by atomic mass is 32.2. The van der Waals surface area contributed by atoms with Crippen molar-refractivity contribution in [1.82, 2.24) is 4.98 Å². The molecule has 0 aliphatic rings. The van der Waals surface area contributed by atoms with Gasteiger partial charge < -0.3 is 14.5 Å². The first-order chi connectivity index (χ1) is 14.2. The topological polar surface area (TPSA) is 80.4 Å². The number of methoxy groups -OCH3 is 1. The summed E-state index contributed by atoms with van der Waals surface area (Å²) in [5.74, 6) is -3.07. The highest BCUT2D eigenvalue weighted by Gasteiger charge is 2.23. The number of nitrogens with one attached hydrogen (secondary N) is 2. The molecule has 0 aliphatic carbocycles. The van der Waals surface area contributed by atoms with Crippen LogP contribution in [0.15, 0.2) is 53.7 Å². The van der Waals surface area contributed by atoms with Crippen molar-refractivity contribution in [1.29, 1.82) is 0 Å². The minimum Gasteiger partial charge on any atom is -0.497 e. The van der Waals surface area contributed by atoms with E-state index in [1.807, 2.05) is 4.72 Å². The zero-order valence-corrected chi connectivity index (χ0v) is 16.3. The van der Waals surface area contributed by atoms with Crippen molar-refractivity contribution >= 4 is 15.7 Å². The van der Waals surface area contributed by atoms with Gasteiger partial charge in [-0.3, -0.25) is 4.72 Å². The maximum Gasteiger partial charge on any atom is 0.387 e. The van der Waals surface area contributed by atoms with Crippen LogP contribution in [0.5, 0.6) is 11.5 Å². The summed E-state index contributed by atoms with van der Waals surface area (Å²) in [6.07, 6.45) is 2.87. The fourth-order valence-electron chi connectivity index (χ4n) is 2.77. The summed E-state index contributed by atoms with van der Waals surface area (Å²) in [6.45, 7) is -3.36. The van der Waals surface area contributed by atoms with Crippen molar-refractivity contribution in [3.05, 3.63) is 71.6 Å². The van der Waals surface area contributed by atoms with E-state index in [1.165, 1.54) is 19.5 Å². The molecule has 0 aliphatic heterocycles. The van der Waals surface area contributed by atoms with Crippen LogP contribution in [0.4, 0.5) is 23.2 Å². The van der Waals surface area contributed by atoms with Crippen LogP contribution in [0.2, 0.25) is 0 Å². The third-order valence-electron chi connectivity index (χ3n) is 4.09. The molecule has 1 heterocycles. The first-order valence-corrected chi connectivity index (χ1v) is 9.93. The molecule has 0 atom stereocenters. The number of aromatic amines is 1. The molecule has 2 N–H and O–H groups in total. The Morgan fingerprint density at radius 1 is 1.10 bits per heavy atom. The molecule has 0 fully saturated rings. The lowest BCUT2D eigenvalue weighted by molar-refractivity contribution is -0.0523. The van der Waals surface area contributed by atoms with Gasteiger partial charge in [0.05, 0.1) is 12.8 Å². The van der Waals surface area contributed by atoms with Gasteiger partial charge in [0.1, 0.15) is 10.6 Å². The second kappa shape index (κ2) is 8.66. The molecule has 11 heteroatoms. The molecule has 0 unspecified atom stereocenters. The average molecular weight is 444 g/mol. The van der Waals surface area contributed by atoms with Crippen molar-refractivity contribution in [3.8, 4) is 11.5 Å². The number of anilines is 1. The van der Waals surface area contributed by atoms with Crippen molar-refractivity contribution in [3.63, 3.8) is 0 Å². The van der Waals surface area contributed by atoms with Gasteiger partial charge in [0.2, 0.25) is 0 Å². The van der Waals surface area contributed by atoms with Crippen LogP contribution >= 0.6 is 0 Å². The standard InChI is InChI=1S/C19H16F4N2O4S/c1-28-13-4-2-3-11(6-13)5-12-9-24-10-18(12)30(26,27)25-16-7-15(21)17(8-14(16)20)29-19(22)23/h2-4,6-10,19,24-25H,5H2,1H3. The predicted octanol–water partition coefficient (Wildman–Crippen LogP) is 4.29. The molecular formula is C19H16F4N2O4S. The van der Waals surface area contributed by atoms with Crippen LogP contribution in [0.3, 0.4) is 0 Å². The minimum absolute atomic E-state index is 0.182. The molecule has 0 spiro atoms. The largest absolute Gasteiger partial charge is 0.497 e. The molecule has 1 aromatic heterocycles. The molecule has 0 saturated heterocycles. The van der Waals surface area contributed by atoms with E-state index in [1.54, 1.807) is 24.3 Å². The number of H-pyrrole nitrogens is 1. The Labute approximate surface area is 169 Å². The molecule has 0 amide bonds. The van der Waals surface area contributed by atoms with Gasteiger partial charge in [0.25, 0.3) is 10.0 Å². The summed E-state index contributed by atoms with van der Waals surface area (Å²) in [5.41, 5.74) is 0.382. The molecule has 3 aromatic rings. The van der Waals surface area contributed by atoms with Crippen LogP contribution < -0.4 is 14.2 Å². The van der Waals surface area contributed by atoms with Gasteiger partial charge in [0, 0.05) is 30.9 Å². The molecule has 3 rings (SSSR count). The number of hydrogen-bond donors (Lipinski definition) is 2. The van der Waals surface area contributed by atoms with E-state index in [9.17, 15) is 26.0 Å². The SMILES string of the molecule is COc1cccc(Cc2c[nH]cc2S(=O)(=O)Nc2cc(F)c(OC(F)F)cc2F)c1. The molecule has 0 bridgehead atoms. The van der Waals surface area contributed by atoms with Crippen molar-refractivity contribution in [2.45, 2.75) is 17.9 Å². The van der Waals surface area contributed by atoms with E-state index in [4.69, 9.17) is 4.74 Å². The van der Waals surface area contributed by atoms with Gasteiger partial charge in [-0.25, -0.2) is 17.2 Å². The molecule has 2 aromatic carbocycles. The summed E-state index contributed by atoms with van der Waals surface area (Å²) in [4.78, 5) is 2.49. The van der Waals surface area contributed by atoms with E-state index in [0.717, 1.165) is 5.56 Å². The smallest absolute Gasteiger partial charge is 0.387 e. The van der Waals surface area contributed by atoms with Crippen LogP contribution in [-0.4, -0.2) is 27.1 Å². The Bertz CT molecular complexity index is 1150. The van der Waals surface area contributed by atoms with Gasteiger partial charge in [-0.05, 0) is 23.3 Å². The Morgan fingerprint density at radius 2 is 1.87 bits per heavy atom. The van der Waals surface area contributed by atoms with E-state index < -0.39 is 39.7 Å². The Kier molecular flexibility index (Phi) is 6.20. The van der Waals surface area contributed by atoms with Gasteiger partial charge in [-0.2, -0.15) is 8.78 Å². The van der Waals surface area contributed by atoms with Crippen molar-refractivity contribution in [2.75, 3.05) is 11.8 Å². The van der Waals surface area contributed by atoms with Gasteiger partial charge in [-0.15, -0.1) is 0 Å². The van der Waals surface area contributed by atoms with E-state index in [2.05, 4.69) is 9.72 Å². The van der Waals surface area contributed by atoms with Gasteiger partial charge >= 0.3 is 6.61 Å². The fraction of sp³-hybridized carbons (Fsp3) is 0.158. The lowest BCUT2D eigenvalue weighted by atomic mass is 10.1. The molecule has 0 radical (unpaired) electrons. The second-order valence-corrected chi connectivity index (χ2v) is 7.77. The van der Waals surface area contributed by atoms with E-state index in [-0.39, 0.29) is 11.3 Å². The average Bonchev–Trinajstić information content (AvgIpc) is 3.14. The first kappa shape index (κ1) is 21.5. The quantitative estimate of drug-likeness (QED) is 0.508. The number of halogens is 4. The van der Waals surface area contributed by atoms with Crippen LogP contribution in [-0.2, 0) is 16.4 Å². The number of alkyl halides is 2. The number of hydrogen-bond acceptors (Lipinski definition) is 4. The Balaban J connectivity index is 1.87.